The lowest BCUT2D eigenvalue weighted by Gasteiger charge is -2.11. The second kappa shape index (κ2) is 4.00. The van der Waals surface area contributed by atoms with Gasteiger partial charge in [0.25, 0.3) is 0 Å². The molecular weight excluding hydrogens is 248 g/mol. The molecule has 0 aliphatic rings. The quantitative estimate of drug-likeness (QED) is 0.620. The average molecular weight is 259 g/mol. The molecule has 0 heterocycles. The summed E-state index contributed by atoms with van der Waals surface area (Å²) in [5.41, 5.74) is 2.80. The molecule has 0 spiro atoms. The molecule has 3 nitrogen and oxygen atoms in total. The Labute approximate surface area is 90.8 Å². The molecule has 1 aromatic rings. The standard InChI is InChI=1S/C10H11BrO3/c1-5-4-8(14-10(12)13)6(2)7(3)9(5)11/h4H,1-3H3,(H,12,13). The van der Waals surface area contributed by atoms with Crippen LogP contribution in [0.2, 0.25) is 0 Å². The van der Waals surface area contributed by atoms with E-state index in [2.05, 4.69) is 20.7 Å². The van der Waals surface area contributed by atoms with Gasteiger partial charge in [0.05, 0.1) is 0 Å². The Bertz CT molecular complexity index is 385. The second-order valence-corrected chi connectivity index (χ2v) is 3.92. The summed E-state index contributed by atoms with van der Waals surface area (Å²) >= 11 is 3.43. The summed E-state index contributed by atoms with van der Waals surface area (Å²) in [5.74, 6) is 0.399. The van der Waals surface area contributed by atoms with Crippen molar-refractivity contribution in [2.24, 2.45) is 0 Å². The summed E-state index contributed by atoms with van der Waals surface area (Å²) in [6.45, 7) is 5.64. The fraction of sp³-hybridized carbons (Fsp3) is 0.300. The largest absolute Gasteiger partial charge is 0.511 e. The van der Waals surface area contributed by atoms with Gasteiger partial charge >= 0.3 is 6.16 Å². The Balaban J connectivity index is 3.25. The van der Waals surface area contributed by atoms with Crippen LogP contribution in [0, 0.1) is 20.8 Å². The van der Waals surface area contributed by atoms with E-state index in [0.717, 1.165) is 21.2 Å². The zero-order valence-electron chi connectivity index (χ0n) is 8.22. The van der Waals surface area contributed by atoms with Crippen LogP contribution < -0.4 is 4.74 Å². The maximum atomic E-state index is 10.4. The van der Waals surface area contributed by atoms with E-state index in [4.69, 9.17) is 5.11 Å². The lowest BCUT2D eigenvalue weighted by atomic mass is 10.1. The number of carbonyl (C=O) groups is 1. The highest BCUT2D eigenvalue weighted by molar-refractivity contribution is 9.10. The normalized spacial score (nSPS) is 10.0. The fourth-order valence-corrected chi connectivity index (χ4v) is 1.63. The number of ether oxygens (including phenoxy) is 1. The van der Waals surface area contributed by atoms with Crippen LogP contribution in [0.3, 0.4) is 0 Å². The molecule has 1 aromatic carbocycles. The van der Waals surface area contributed by atoms with Gasteiger partial charge in [0.2, 0.25) is 0 Å². The van der Waals surface area contributed by atoms with Gasteiger partial charge in [0.15, 0.2) is 0 Å². The molecule has 0 saturated carbocycles. The van der Waals surface area contributed by atoms with Crippen LogP contribution in [0.25, 0.3) is 0 Å². The van der Waals surface area contributed by atoms with Gasteiger partial charge in [-0.3, -0.25) is 0 Å². The van der Waals surface area contributed by atoms with Gasteiger partial charge < -0.3 is 9.84 Å². The van der Waals surface area contributed by atoms with Crippen molar-refractivity contribution in [1.29, 1.82) is 0 Å². The van der Waals surface area contributed by atoms with Gasteiger partial charge in [-0.15, -0.1) is 0 Å². The molecule has 4 heteroatoms. The van der Waals surface area contributed by atoms with E-state index >= 15 is 0 Å². The van der Waals surface area contributed by atoms with Crippen molar-refractivity contribution in [2.45, 2.75) is 20.8 Å². The van der Waals surface area contributed by atoms with Crippen molar-refractivity contribution in [3.05, 3.63) is 27.2 Å². The Morgan fingerprint density at radius 3 is 2.43 bits per heavy atom. The summed E-state index contributed by atoms with van der Waals surface area (Å²) in [4.78, 5) is 10.4. The highest BCUT2D eigenvalue weighted by atomic mass is 79.9. The molecule has 1 rings (SSSR count). The summed E-state index contributed by atoms with van der Waals surface area (Å²) < 4.78 is 5.65. The molecule has 0 saturated heterocycles. The first-order valence-corrected chi connectivity index (χ1v) is 4.90. The molecule has 0 unspecified atom stereocenters. The van der Waals surface area contributed by atoms with Gasteiger partial charge in [0, 0.05) is 4.47 Å². The minimum Gasteiger partial charge on any atom is -0.449 e. The number of hydrogen-bond acceptors (Lipinski definition) is 2. The zero-order chi connectivity index (χ0) is 10.9. The van der Waals surface area contributed by atoms with E-state index < -0.39 is 6.16 Å². The molecule has 0 amide bonds. The first-order valence-electron chi connectivity index (χ1n) is 4.10. The zero-order valence-corrected chi connectivity index (χ0v) is 9.81. The number of halogens is 1. The van der Waals surface area contributed by atoms with Crippen molar-refractivity contribution in [3.63, 3.8) is 0 Å². The number of carboxylic acid groups (broad SMARTS) is 1. The summed E-state index contributed by atoms with van der Waals surface area (Å²) in [7, 11) is 0. The molecule has 0 fully saturated rings. The number of benzene rings is 1. The third-order valence-electron chi connectivity index (χ3n) is 2.15. The maximum absolute atomic E-state index is 10.4. The molecule has 0 radical (unpaired) electrons. The average Bonchev–Trinajstić information content (AvgIpc) is 2.10. The van der Waals surface area contributed by atoms with Crippen molar-refractivity contribution in [3.8, 4) is 5.75 Å². The smallest absolute Gasteiger partial charge is 0.449 e. The molecule has 1 N–H and O–H groups in total. The van der Waals surface area contributed by atoms with Crippen LogP contribution in [0.4, 0.5) is 4.79 Å². The van der Waals surface area contributed by atoms with E-state index in [9.17, 15) is 4.79 Å². The minimum absolute atomic E-state index is 0.399. The Morgan fingerprint density at radius 2 is 1.93 bits per heavy atom. The minimum atomic E-state index is -1.28. The summed E-state index contributed by atoms with van der Waals surface area (Å²) in [5, 5.41) is 8.51. The van der Waals surface area contributed by atoms with E-state index in [1.54, 1.807) is 6.07 Å². The van der Waals surface area contributed by atoms with Gasteiger partial charge in [-0.2, -0.15) is 0 Å². The highest BCUT2D eigenvalue weighted by Crippen LogP contribution is 2.31. The van der Waals surface area contributed by atoms with Crippen molar-refractivity contribution < 1.29 is 14.6 Å². The third kappa shape index (κ3) is 2.07. The van der Waals surface area contributed by atoms with E-state index in [-0.39, 0.29) is 0 Å². The monoisotopic (exact) mass is 258 g/mol. The van der Waals surface area contributed by atoms with E-state index in [0.29, 0.717) is 5.75 Å². The van der Waals surface area contributed by atoms with Crippen molar-refractivity contribution in [1.82, 2.24) is 0 Å². The Kier molecular flexibility index (Phi) is 3.16. The third-order valence-corrected chi connectivity index (χ3v) is 3.37. The molecule has 0 aliphatic carbocycles. The molecule has 0 aromatic heterocycles. The number of hydrogen-bond donors (Lipinski definition) is 1. The fourth-order valence-electron chi connectivity index (χ4n) is 1.21. The highest BCUT2D eigenvalue weighted by Gasteiger charge is 2.11. The predicted octanol–water partition coefficient (Wildman–Crippen LogP) is 3.43. The second-order valence-electron chi connectivity index (χ2n) is 3.12. The summed E-state index contributed by atoms with van der Waals surface area (Å²) in [6.07, 6.45) is -1.28. The van der Waals surface area contributed by atoms with Crippen LogP contribution in [0.1, 0.15) is 16.7 Å². The molecular formula is C10H11BrO3. The lowest BCUT2D eigenvalue weighted by molar-refractivity contribution is 0.144. The molecule has 14 heavy (non-hydrogen) atoms. The number of aryl methyl sites for hydroxylation is 1. The van der Waals surface area contributed by atoms with E-state index in [1.165, 1.54) is 0 Å². The SMILES string of the molecule is Cc1cc(OC(=O)O)c(C)c(C)c1Br. The first kappa shape index (κ1) is 11.0. The molecule has 0 bridgehead atoms. The maximum Gasteiger partial charge on any atom is 0.511 e. The Hall–Kier alpha value is -1.03. The molecule has 76 valence electrons. The predicted molar refractivity (Wildman–Crippen MR) is 57.0 cm³/mol. The van der Waals surface area contributed by atoms with Gasteiger partial charge in [0.1, 0.15) is 5.75 Å². The van der Waals surface area contributed by atoms with E-state index in [1.807, 2.05) is 20.8 Å². The van der Waals surface area contributed by atoms with Crippen LogP contribution in [-0.2, 0) is 0 Å². The topological polar surface area (TPSA) is 46.5 Å². The molecule has 0 atom stereocenters. The lowest BCUT2D eigenvalue weighted by Crippen LogP contribution is -2.05. The van der Waals surface area contributed by atoms with Crippen LogP contribution in [0.5, 0.6) is 5.75 Å². The van der Waals surface area contributed by atoms with Gasteiger partial charge in [-0.1, -0.05) is 15.9 Å². The first-order chi connectivity index (χ1) is 6.43. The van der Waals surface area contributed by atoms with Gasteiger partial charge in [-0.05, 0) is 43.5 Å². The Morgan fingerprint density at radius 1 is 1.36 bits per heavy atom. The molecule has 0 aliphatic heterocycles. The van der Waals surface area contributed by atoms with Crippen molar-refractivity contribution in [2.75, 3.05) is 0 Å². The van der Waals surface area contributed by atoms with Crippen LogP contribution in [-0.4, -0.2) is 11.3 Å². The van der Waals surface area contributed by atoms with Gasteiger partial charge in [-0.25, -0.2) is 4.79 Å². The van der Waals surface area contributed by atoms with Crippen molar-refractivity contribution >= 4 is 22.1 Å². The van der Waals surface area contributed by atoms with Crippen LogP contribution in [0.15, 0.2) is 10.5 Å². The summed E-state index contributed by atoms with van der Waals surface area (Å²) in [6, 6.07) is 1.71. The van der Waals surface area contributed by atoms with Crippen LogP contribution >= 0.6 is 15.9 Å². The number of rotatable bonds is 1.